The Bertz CT molecular complexity index is 1050. The van der Waals surface area contributed by atoms with Crippen molar-refractivity contribution in [2.45, 2.75) is 71.2 Å². The highest BCUT2D eigenvalue weighted by atomic mass is 16.5. The molecule has 2 fully saturated rings. The van der Waals surface area contributed by atoms with Gasteiger partial charge in [0, 0.05) is 0 Å². The molecule has 1 saturated heterocycles. The van der Waals surface area contributed by atoms with E-state index in [9.17, 15) is 14.7 Å². The Labute approximate surface area is 226 Å². The third-order valence-electron chi connectivity index (χ3n) is 8.31. The van der Waals surface area contributed by atoms with E-state index >= 15 is 0 Å². The van der Waals surface area contributed by atoms with E-state index in [0.717, 1.165) is 30.4 Å². The number of amides is 1. The first-order valence-corrected chi connectivity index (χ1v) is 13.6. The molecule has 38 heavy (non-hydrogen) atoms. The number of rotatable bonds is 9. The van der Waals surface area contributed by atoms with E-state index in [1.807, 2.05) is 48.5 Å². The first-order chi connectivity index (χ1) is 18.2. The molecule has 0 unspecified atom stereocenters. The molecule has 0 bridgehead atoms. The van der Waals surface area contributed by atoms with E-state index in [1.165, 1.54) is 0 Å². The molecule has 1 heterocycles. The maximum absolute atomic E-state index is 13.8. The summed E-state index contributed by atoms with van der Waals surface area (Å²) in [5.74, 6) is 0.980. The monoisotopic (exact) mass is 523 g/mol. The number of aliphatic hydroxyl groups excluding tert-OH is 1. The molecule has 1 aliphatic heterocycles. The third-order valence-corrected chi connectivity index (χ3v) is 8.31. The van der Waals surface area contributed by atoms with Crippen LogP contribution in [0.15, 0.2) is 48.5 Å². The summed E-state index contributed by atoms with van der Waals surface area (Å²) >= 11 is 0. The fourth-order valence-corrected chi connectivity index (χ4v) is 6.11. The van der Waals surface area contributed by atoms with Crippen LogP contribution >= 0.6 is 0 Å². The zero-order valence-corrected chi connectivity index (χ0v) is 23.3. The maximum Gasteiger partial charge on any atom is 0.330 e. The maximum atomic E-state index is 13.8. The smallest absolute Gasteiger partial charge is 0.330 e. The number of ether oxygens (including phenoxy) is 3. The molecule has 1 amide bonds. The van der Waals surface area contributed by atoms with Crippen LogP contribution in [0.25, 0.3) is 0 Å². The van der Waals surface area contributed by atoms with Crippen molar-refractivity contribution in [2.75, 3.05) is 14.2 Å². The van der Waals surface area contributed by atoms with Gasteiger partial charge in [0.25, 0.3) is 0 Å². The van der Waals surface area contributed by atoms with E-state index in [2.05, 4.69) is 20.8 Å². The zero-order chi connectivity index (χ0) is 27.6. The topological polar surface area (TPSA) is 85.3 Å². The minimum atomic E-state index is -0.977. The summed E-state index contributed by atoms with van der Waals surface area (Å²) in [6.07, 6.45) is 1.78. The van der Waals surface area contributed by atoms with Crippen LogP contribution in [0.3, 0.4) is 0 Å². The van der Waals surface area contributed by atoms with Gasteiger partial charge in [0.15, 0.2) is 0 Å². The molecule has 0 spiro atoms. The van der Waals surface area contributed by atoms with Gasteiger partial charge in [-0.05, 0) is 72.9 Å². The molecule has 4 rings (SSSR count). The Balaban J connectivity index is 1.70. The average Bonchev–Trinajstić information content (AvgIpc) is 2.89. The number of nitrogens with zero attached hydrogens (tertiary/aromatic N) is 1. The summed E-state index contributed by atoms with van der Waals surface area (Å²) < 4.78 is 16.9. The molecule has 0 radical (unpaired) electrons. The summed E-state index contributed by atoms with van der Waals surface area (Å²) in [5.41, 5.74) is 1.66. The van der Waals surface area contributed by atoms with E-state index in [0.29, 0.717) is 23.3 Å². The van der Waals surface area contributed by atoms with Gasteiger partial charge in [-0.3, -0.25) is 4.79 Å². The molecule has 2 aromatic carbocycles. The minimum absolute atomic E-state index is 0.195. The van der Waals surface area contributed by atoms with Gasteiger partial charge in [0.1, 0.15) is 23.6 Å². The molecule has 2 aromatic rings. The average molecular weight is 524 g/mol. The Morgan fingerprint density at radius 1 is 0.921 bits per heavy atom. The van der Waals surface area contributed by atoms with E-state index in [-0.39, 0.29) is 17.9 Å². The number of benzene rings is 2. The lowest BCUT2D eigenvalue weighted by Crippen LogP contribution is -2.68. The summed E-state index contributed by atoms with van der Waals surface area (Å²) in [6, 6.07) is 13.5. The Morgan fingerprint density at radius 2 is 1.45 bits per heavy atom. The van der Waals surface area contributed by atoms with Crippen LogP contribution in [0, 0.1) is 23.7 Å². The van der Waals surface area contributed by atoms with Gasteiger partial charge >= 0.3 is 5.97 Å². The lowest BCUT2D eigenvalue weighted by atomic mass is 9.75. The SMILES string of the molecule is COc1ccc(C(c2ccc(OC)cc2)N2C(=O)[C@@H]([C@H](C)O)[C@@H]2C(=O)O[C@@H]2C[C@H](C)CC[C@H]2C(C)C)cc1. The van der Waals surface area contributed by atoms with Crippen molar-refractivity contribution in [1.29, 1.82) is 0 Å². The fraction of sp³-hybridized carbons (Fsp3) is 0.548. The van der Waals surface area contributed by atoms with Gasteiger partial charge in [-0.2, -0.15) is 0 Å². The molecule has 6 atom stereocenters. The van der Waals surface area contributed by atoms with Gasteiger partial charge in [-0.15, -0.1) is 0 Å². The van der Waals surface area contributed by atoms with Crippen LogP contribution in [0.2, 0.25) is 0 Å². The molecule has 1 N–H and O–H groups in total. The van der Waals surface area contributed by atoms with Crippen LogP contribution in [-0.4, -0.2) is 54.4 Å². The summed E-state index contributed by atoms with van der Waals surface area (Å²) in [4.78, 5) is 29.0. The van der Waals surface area contributed by atoms with Gasteiger partial charge in [0.05, 0.1) is 32.3 Å². The zero-order valence-electron chi connectivity index (χ0n) is 23.3. The van der Waals surface area contributed by atoms with Gasteiger partial charge < -0.3 is 24.2 Å². The second-order valence-corrected chi connectivity index (χ2v) is 11.2. The van der Waals surface area contributed by atoms with Crippen LogP contribution in [-0.2, 0) is 14.3 Å². The number of β-lactam (4-membered cyclic amide) rings is 1. The van der Waals surface area contributed by atoms with E-state index in [1.54, 1.807) is 26.0 Å². The molecule has 7 heteroatoms. The Hall–Kier alpha value is -3.06. The number of methoxy groups -OCH3 is 2. The second kappa shape index (κ2) is 11.8. The molecule has 7 nitrogen and oxygen atoms in total. The number of likely N-dealkylation sites (tertiary alicyclic amines) is 1. The van der Waals surface area contributed by atoms with Gasteiger partial charge in [-0.25, -0.2) is 4.79 Å². The number of hydrogen-bond donors (Lipinski definition) is 1. The van der Waals surface area contributed by atoms with Crippen LogP contribution in [0.5, 0.6) is 11.5 Å². The fourth-order valence-electron chi connectivity index (χ4n) is 6.11. The van der Waals surface area contributed by atoms with Gasteiger partial charge in [0.2, 0.25) is 5.91 Å². The molecule has 1 aliphatic carbocycles. The van der Waals surface area contributed by atoms with Crippen molar-refractivity contribution in [3.63, 3.8) is 0 Å². The van der Waals surface area contributed by atoms with Crippen molar-refractivity contribution in [3.8, 4) is 11.5 Å². The molecular formula is C31H41NO6. The van der Waals surface area contributed by atoms with Crippen molar-refractivity contribution < 1.29 is 28.9 Å². The molecule has 2 aliphatic rings. The number of carbonyl (C=O) groups is 2. The standard InChI is InChI=1S/C31H41NO6/c1-18(2)25-16-7-19(3)17-26(25)38-31(35)29-27(20(4)33)30(34)32(29)28(21-8-12-23(36-5)13-9-21)22-10-14-24(37-6)15-11-22/h8-15,18-20,25-29,33H,7,16-17H2,1-6H3/t19-,20+,25+,26-,27+,29-/m1/s1. The molecule has 0 aromatic heterocycles. The number of esters is 1. The summed E-state index contributed by atoms with van der Waals surface area (Å²) in [7, 11) is 3.20. The predicted octanol–water partition coefficient (Wildman–Crippen LogP) is 5.01. The molecule has 1 saturated carbocycles. The van der Waals surface area contributed by atoms with Gasteiger partial charge in [-0.1, -0.05) is 51.5 Å². The van der Waals surface area contributed by atoms with Crippen LogP contribution in [0.4, 0.5) is 0 Å². The van der Waals surface area contributed by atoms with Crippen molar-refractivity contribution in [3.05, 3.63) is 59.7 Å². The second-order valence-electron chi connectivity index (χ2n) is 11.2. The number of hydrogen-bond acceptors (Lipinski definition) is 6. The quantitative estimate of drug-likeness (QED) is 0.368. The predicted molar refractivity (Wildman–Crippen MR) is 145 cm³/mol. The minimum Gasteiger partial charge on any atom is -0.497 e. The van der Waals surface area contributed by atoms with Crippen molar-refractivity contribution in [1.82, 2.24) is 4.90 Å². The normalized spacial score (nSPS) is 26.2. The first-order valence-electron chi connectivity index (χ1n) is 13.6. The highest BCUT2D eigenvalue weighted by molar-refractivity contribution is 5.98. The lowest BCUT2D eigenvalue weighted by molar-refractivity contribution is -0.190. The third kappa shape index (κ3) is 5.53. The van der Waals surface area contributed by atoms with Crippen LogP contribution in [0.1, 0.15) is 64.1 Å². The molecule has 206 valence electrons. The van der Waals surface area contributed by atoms with Crippen LogP contribution < -0.4 is 9.47 Å². The molecular weight excluding hydrogens is 482 g/mol. The van der Waals surface area contributed by atoms with E-state index < -0.39 is 30.1 Å². The lowest BCUT2D eigenvalue weighted by Gasteiger charge is -2.51. The first kappa shape index (κ1) is 28.0. The largest absolute Gasteiger partial charge is 0.497 e. The summed E-state index contributed by atoms with van der Waals surface area (Å²) in [5, 5.41) is 10.5. The number of aliphatic hydroxyl groups is 1. The van der Waals surface area contributed by atoms with E-state index in [4.69, 9.17) is 14.2 Å². The van der Waals surface area contributed by atoms with Crippen molar-refractivity contribution in [2.24, 2.45) is 23.7 Å². The Kier molecular flexibility index (Phi) is 8.66. The number of carbonyl (C=O) groups excluding carboxylic acids is 2. The Morgan fingerprint density at radius 3 is 1.89 bits per heavy atom. The highest BCUT2D eigenvalue weighted by Gasteiger charge is 2.57. The summed E-state index contributed by atoms with van der Waals surface area (Å²) in [6.45, 7) is 8.10. The van der Waals surface area contributed by atoms with Crippen molar-refractivity contribution >= 4 is 11.9 Å². The highest BCUT2D eigenvalue weighted by Crippen LogP contribution is 2.43.